The van der Waals surface area contributed by atoms with Crippen molar-refractivity contribution in [2.24, 2.45) is 0 Å². The molecule has 0 saturated carbocycles. The summed E-state index contributed by atoms with van der Waals surface area (Å²) in [5, 5.41) is 11.9. The van der Waals surface area contributed by atoms with Crippen LogP contribution in [0.3, 0.4) is 0 Å². The lowest BCUT2D eigenvalue weighted by Crippen LogP contribution is -2.41. The number of carbonyl (C=O) groups is 2. The van der Waals surface area contributed by atoms with E-state index >= 15 is 0 Å². The number of ether oxygens (including phenoxy) is 2. The van der Waals surface area contributed by atoms with Crippen LogP contribution in [0.4, 0.5) is 5.69 Å². The fraction of sp³-hybridized carbons (Fsp3) is 0.438. The minimum absolute atomic E-state index is 0.210. The number of anilines is 1. The van der Waals surface area contributed by atoms with Crippen LogP contribution in [0.5, 0.6) is 5.75 Å². The van der Waals surface area contributed by atoms with Crippen molar-refractivity contribution in [3.05, 3.63) is 23.8 Å². The summed E-state index contributed by atoms with van der Waals surface area (Å²) in [6.45, 7) is 4.93. The second-order valence-electron chi connectivity index (χ2n) is 5.05. The van der Waals surface area contributed by atoms with Crippen molar-refractivity contribution in [3.8, 4) is 11.8 Å². The lowest BCUT2D eigenvalue weighted by molar-refractivity contribution is -0.136. The van der Waals surface area contributed by atoms with Gasteiger partial charge in [-0.3, -0.25) is 9.59 Å². The van der Waals surface area contributed by atoms with Gasteiger partial charge in [-0.1, -0.05) is 13.3 Å². The highest BCUT2D eigenvalue weighted by Crippen LogP contribution is 2.24. The summed E-state index contributed by atoms with van der Waals surface area (Å²) in [7, 11) is 1.48. The van der Waals surface area contributed by atoms with Crippen LogP contribution in [0.1, 0.15) is 39.2 Å². The zero-order valence-corrected chi connectivity index (χ0v) is 13.2. The summed E-state index contributed by atoms with van der Waals surface area (Å²) in [5.41, 5.74) is -0.402. The Morgan fingerprint density at radius 3 is 2.59 bits per heavy atom. The molecule has 1 atom stereocenters. The normalized spacial score (nSPS) is 12.9. The number of amides is 1. The average molecular weight is 304 g/mol. The quantitative estimate of drug-likeness (QED) is 0.644. The number of hydrogen-bond donors (Lipinski definition) is 1. The van der Waals surface area contributed by atoms with E-state index in [-0.39, 0.29) is 17.2 Å². The number of carbonyl (C=O) groups excluding carboxylic acids is 2. The molecule has 0 saturated heterocycles. The number of nitrogens with one attached hydrogen (secondary N) is 1. The minimum atomic E-state index is -0.962. The molecule has 1 rings (SSSR count). The Morgan fingerprint density at radius 1 is 1.41 bits per heavy atom. The summed E-state index contributed by atoms with van der Waals surface area (Å²) in [4.78, 5) is 23.3. The van der Waals surface area contributed by atoms with Gasteiger partial charge in [0.25, 0.3) is 5.91 Å². The highest BCUT2D eigenvalue weighted by molar-refractivity contribution is 5.98. The van der Waals surface area contributed by atoms with E-state index in [1.54, 1.807) is 6.92 Å². The van der Waals surface area contributed by atoms with Crippen molar-refractivity contribution in [3.63, 3.8) is 0 Å². The van der Waals surface area contributed by atoms with Gasteiger partial charge in [0.05, 0.1) is 11.3 Å². The molecule has 1 N–H and O–H groups in total. The van der Waals surface area contributed by atoms with Gasteiger partial charge in [0.15, 0.2) is 0 Å². The Balaban J connectivity index is 3.00. The Labute approximate surface area is 130 Å². The lowest BCUT2D eigenvalue weighted by Gasteiger charge is -2.26. The Hall–Kier alpha value is -2.39. The first-order chi connectivity index (χ1) is 10.4. The SMILES string of the molecule is CCC[C@](C)(OC)C(=O)Nc1ccc(OC(C)=O)cc1C#N. The van der Waals surface area contributed by atoms with E-state index in [1.807, 2.05) is 13.0 Å². The Morgan fingerprint density at radius 2 is 2.09 bits per heavy atom. The third-order valence-electron chi connectivity index (χ3n) is 3.28. The molecule has 22 heavy (non-hydrogen) atoms. The number of esters is 1. The van der Waals surface area contributed by atoms with Gasteiger partial charge in [-0.2, -0.15) is 5.26 Å². The van der Waals surface area contributed by atoms with E-state index in [0.717, 1.165) is 6.42 Å². The van der Waals surface area contributed by atoms with Gasteiger partial charge in [-0.05, 0) is 25.5 Å². The van der Waals surface area contributed by atoms with Crippen LogP contribution in [0.2, 0.25) is 0 Å². The molecule has 1 aromatic rings. The molecular formula is C16H20N2O4. The van der Waals surface area contributed by atoms with Crippen molar-refractivity contribution in [1.29, 1.82) is 5.26 Å². The molecule has 0 aromatic heterocycles. The maximum absolute atomic E-state index is 12.4. The van der Waals surface area contributed by atoms with E-state index in [4.69, 9.17) is 9.47 Å². The van der Waals surface area contributed by atoms with Crippen LogP contribution < -0.4 is 10.1 Å². The van der Waals surface area contributed by atoms with Gasteiger partial charge < -0.3 is 14.8 Å². The highest BCUT2D eigenvalue weighted by Gasteiger charge is 2.32. The second kappa shape index (κ2) is 7.57. The number of hydrogen-bond acceptors (Lipinski definition) is 5. The third kappa shape index (κ3) is 4.30. The fourth-order valence-electron chi connectivity index (χ4n) is 1.99. The van der Waals surface area contributed by atoms with Gasteiger partial charge in [-0.25, -0.2) is 0 Å². The molecule has 0 radical (unpaired) electrons. The Kier molecular flexibility index (Phi) is 6.08. The summed E-state index contributed by atoms with van der Waals surface area (Å²) >= 11 is 0. The summed E-state index contributed by atoms with van der Waals surface area (Å²) in [6, 6.07) is 6.41. The number of nitrogens with zero attached hydrogens (tertiary/aromatic N) is 1. The van der Waals surface area contributed by atoms with Crippen molar-refractivity contribution in [1.82, 2.24) is 0 Å². The zero-order valence-electron chi connectivity index (χ0n) is 13.2. The highest BCUT2D eigenvalue weighted by atomic mass is 16.5. The van der Waals surface area contributed by atoms with Crippen molar-refractivity contribution in [2.75, 3.05) is 12.4 Å². The molecule has 0 fully saturated rings. The molecule has 1 aromatic carbocycles. The van der Waals surface area contributed by atoms with E-state index in [2.05, 4.69) is 5.32 Å². The smallest absolute Gasteiger partial charge is 0.308 e. The molecule has 0 bridgehead atoms. The molecule has 6 heteroatoms. The van der Waals surface area contributed by atoms with E-state index in [9.17, 15) is 14.9 Å². The summed E-state index contributed by atoms with van der Waals surface area (Å²) in [5.74, 6) is -0.547. The molecule has 0 heterocycles. The van der Waals surface area contributed by atoms with Crippen LogP contribution in [-0.4, -0.2) is 24.6 Å². The van der Waals surface area contributed by atoms with Crippen LogP contribution in [-0.2, 0) is 14.3 Å². The molecule has 0 spiro atoms. The van der Waals surface area contributed by atoms with Crippen LogP contribution >= 0.6 is 0 Å². The van der Waals surface area contributed by atoms with Gasteiger partial charge in [0.1, 0.15) is 17.4 Å². The van der Waals surface area contributed by atoms with Gasteiger partial charge in [-0.15, -0.1) is 0 Å². The molecular weight excluding hydrogens is 284 g/mol. The molecule has 0 aliphatic rings. The number of nitriles is 1. The zero-order chi connectivity index (χ0) is 16.8. The average Bonchev–Trinajstić information content (AvgIpc) is 2.48. The molecule has 0 unspecified atom stereocenters. The number of benzene rings is 1. The van der Waals surface area contributed by atoms with Crippen molar-refractivity contribution >= 4 is 17.6 Å². The third-order valence-corrected chi connectivity index (χ3v) is 3.28. The van der Waals surface area contributed by atoms with Crippen molar-refractivity contribution in [2.45, 2.75) is 39.2 Å². The minimum Gasteiger partial charge on any atom is -0.427 e. The summed E-state index contributed by atoms with van der Waals surface area (Å²) < 4.78 is 10.2. The van der Waals surface area contributed by atoms with E-state index in [1.165, 1.54) is 32.2 Å². The number of rotatable bonds is 6. The van der Waals surface area contributed by atoms with Crippen LogP contribution in [0, 0.1) is 11.3 Å². The number of methoxy groups -OCH3 is 1. The van der Waals surface area contributed by atoms with E-state index in [0.29, 0.717) is 12.1 Å². The molecule has 6 nitrogen and oxygen atoms in total. The summed E-state index contributed by atoms with van der Waals surface area (Å²) in [6.07, 6.45) is 1.34. The first-order valence-corrected chi connectivity index (χ1v) is 6.95. The largest absolute Gasteiger partial charge is 0.427 e. The maximum Gasteiger partial charge on any atom is 0.308 e. The van der Waals surface area contributed by atoms with Crippen LogP contribution in [0.15, 0.2) is 18.2 Å². The lowest BCUT2D eigenvalue weighted by atomic mass is 9.99. The molecule has 0 aliphatic carbocycles. The van der Waals surface area contributed by atoms with Crippen LogP contribution in [0.25, 0.3) is 0 Å². The van der Waals surface area contributed by atoms with Gasteiger partial charge in [0, 0.05) is 20.1 Å². The van der Waals surface area contributed by atoms with Crippen molar-refractivity contribution < 1.29 is 19.1 Å². The Bertz CT molecular complexity index is 607. The maximum atomic E-state index is 12.4. The predicted molar refractivity (Wildman–Crippen MR) is 81.4 cm³/mol. The van der Waals surface area contributed by atoms with Gasteiger partial charge in [0.2, 0.25) is 0 Å². The first kappa shape index (κ1) is 17.7. The first-order valence-electron chi connectivity index (χ1n) is 6.95. The fourth-order valence-corrected chi connectivity index (χ4v) is 1.99. The molecule has 118 valence electrons. The topological polar surface area (TPSA) is 88.4 Å². The van der Waals surface area contributed by atoms with E-state index < -0.39 is 11.6 Å². The molecule has 0 aliphatic heterocycles. The standard InChI is InChI=1S/C16H20N2O4/c1-5-8-16(3,21-4)15(20)18-14-7-6-13(22-11(2)19)9-12(14)10-17/h6-7,9H,5,8H2,1-4H3,(H,18,20)/t16-/m0/s1. The monoisotopic (exact) mass is 304 g/mol. The predicted octanol–water partition coefficient (Wildman–Crippen LogP) is 2.63. The van der Waals surface area contributed by atoms with Gasteiger partial charge >= 0.3 is 5.97 Å². The second-order valence-corrected chi connectivity index (χ2v) is 5.05. The molecule has 1 amide bonds.